The molecule has 0 saturated carbocycles. The zero-order chi connectivity index (χ0) is 17.2. The van der Waals surface area contributed by atoms with E-state index in [2.05, 4.69) is 5.32 Å². The van der Waals surface area contributed by atoms with Gasteiger partial charge in [0.1, 0.15) is 17.5 Å². The van der Waals surface area contributed by atoms with Gasteiger partial charge < -0.3 is 20.5 Å². The lowest BCUT2D eigenvalue weighted by Gasteiger charge is -2.21. The van der Waals surface area contributed by atoms with Crippen LogP contribution >= 0.6 is 0 Å². The van der Waals surface area contributed by atoms with Gasteiger partial charge >= 0.3 is 0 Å². The summed E-state index contributed by atoms with van der Waals surface area (Å²) in [6.07, 6.45) is 1.62. The van der Waals surface area contributed by atoms with Crippen LogP contribution in [0.2, 0.25) is 0 Å². The average molecular weight is 322 g/mol. The molecule has 6 nitrogen and oxygen atoms in total. The number of carbonyl (C=O) groups excluding carboxylic acids is 2. The van der Waals surface area contributed by atoms with E-state index in [0.717, 1.165) is 17.9 Å². The quantitative estimate of drug-likeness (QED) is 0.643. The van der Waals surface area contributed by atoms with E-state index in [1.807, 2.05) is 38.1 Å². The minimum absolute atomic E-state index is 0.0204. The lowest BCUT2D eigenvalue weighted by molar-refractivity contribution is -0.128. The Labute approximate surface area is 137 Å². The number of primary amides is 1. The summed E-state index contributed by atoms with van der Waals surface area (Å²) < 4.78 is 10.6. The first-order valence-electron chi connectivity index (χ1n) is 7.83. The van der Waals surface area contributed by atoms with Crippen LogP contribution in [0.15, 0.2) is 24.3 Å². The van der Waals surface area contributed by atoms with E-state index in [1.165, 1.54) is 0 Å². The zero-order valence-corrected chi connectivity index (χ0v) is 14.0. The van der Waals surface area contributed by atoms with Crippen molar-refractivity contribution >= 4 is 11.8 Å². The normalized spacial score (nSPS) is 13.0. The molecule has 0 bridgehead atoms. The smallest absolute Gasteiger partial charge is 0.240 e. The van der Waals surface area contributed by atoms with Crippen LogP contribution in [-0.4, -0.2) is 31.6 Å². The molecule has 0 aliphatic heterocycles. The molecular weight excluding hydrogens is 296 g/mol. The van der Waals surface area contributed by atoms with Gasteiger partial charge in [-0.15, -0.1) is 0 Å². The molecule has 1 rings (SSSR count). The van der Waals surface area contributed by atoms with E-state index in [9.17, 15) is 9.59 Å². The summed E-state index contributed by atoms with van der Waals surface area (Å²) in [4.78, 5) is 23.3. The number of benzene rings is 1. The Balaban J connectivity index is 2.31. The van der Waals surface area contributed by atoms with E-state index in [-0.39, 0.29) is 18.2 Å². The average Bonchev–Trinajstić information content (AvgIpc) is 2.56. The van der Waals surface area contributed by atoms with Gasteiger partial charge in [-0.05, 0) is 36.6 Å². The SMILES string of the molecule is CCC(C)C(NC(=O)CCCOc1ccc(OC)cc1)C(N)=O. The van der Waals surface area contributed by atoms with Crippen LogP contribution in [0.4, 0.5) is 0 Å². The van der Waals surface area contributed by atoms with Crippen molar-refractivity contribution in [1.82, 2.24) is 5.32 Å². The van der Waals surface area contributed by atoms with Gasteiger partial charge in [0, 0.05) is 6.42 Å². The highest BCUT2D eigenvalue weighted by atomic mass is 16.5. The molecule has 6 heteroatoms. The highest BCUT2D eigenvalue weighted by molar-refractivity contribution is 5.86. The molecule has 23 heavy (non-hydrogen) atoms. The third-order valence-electron chi connectivity index (χ3n) is 3.71. The first-order valence-corrected chi connectivity index (χ1v) is 7.83. The topological polar surface area (TPSA) is 90.7 Å². The number of hydrogen-bond acceptors (Lipinski definition) is 4. The van der Waals surface area contributed by atoms with Crippen LogP contribution in [0.25, 0.3) is 0 Å². The summed E-state index contributed by atoms with van der Waals surface area (Å²) in [5.74, 6) is 0.821. The summed E-state index contributed by atoms with van der Waals surface area (Å²) >= 11 is 0. The molecule has 128 valence electrons. The standard InChI is InChI=1S/C17H26N2O4/c1-4-12(2)16(17(18)21)19-15(20)6-5-11-23-14-9-7-13(22-3)8-10-14/h7-10,12,16H,4-6,11H2,1-3H3,(H2,18,21)(H,19,20). The van der Waals surface area contributed by atoms with Crippen molar-refractivity contribution in [1.29, 1.82) is 0 Å². The third kappa shape index (κ3) is 6.59. The second-order valence-electron chi connectivity index (χ2n) is 5.46. The molecular formula is C17H26N2O4. The number of hydrogen-bond donors (Lipinski definition) is 2. The fourth-order valence-corrected chi connectivity index (χ4v) is 2.07. The second kappa shape index (κ2) is 9.71. The van der Waals surface area contributed by atoms with Gasteiger partial charge in [-0.1, -0.05) is 20.3 Å². The van der Waals surface area contributed by atoms with Gasteiger partial charge in [0.25, 0.3) is 0 Å². The second-order valence-corrected chi connectivity index (χ2v) is 5.46. The maximum absolute atomic E-state index is 11.9. The van der Waals surface area contributed by atoms with Crippen molar-refractivity contribution in [2.45, 2.75) is 39.2 Å². The van der Waals surface area contributed by atoms with Gasteiger partial charge in [0.2, 0.25) is 11.8 Å². The molecule has 0 aliphatic rings. The molecule has 0 radical (unpaired) electrons. The van der Waals surface area contributed by atoms with Crippen LogP contribution in [0.3, 0.4) is 0 Å². The maximum Gasteiger partial charge on any atom is 0.240 e. The maximum atomic E-state index is 11.9. The van der Waals surface area contributed by atoms with Gasteiger partial charge in [0.05, 0.1) is 13.7 Å². The van der Waals surface area contributed by atoms with E-state index in [1.54, 1.807) is 7.11 Å². The molecule has 0 fully saturated rings. The van der Waals surface area contributed by atoms with Crippen LogP contribution in [0.5, 0.6) is 11.5 Å². The first-order chi connectivity index (χ1) is 11.0. The molecule has 2 amide bonds. The minimum atomic E-state index is -0.616. The van der Waals surface area contributed by atoms with Crippen molar-refractivity contribution in [2.24, 2.45) is 11.7 Å². The molecule has 0 aliphatic carbocycles. The summed E-state index contributed by atoms with van der Waals surface area (Å²) in [7, 11) is 1.60. The van der Waals surface area contributed by atoms with Crippen LogP contribution in [0.1, 0.15) is 33.1 Å². The lowest BCUT2D eigenvalue weighted by Crippen LogP contribution is -2.48. The highest BCUT2D eigenvalue weighted by Crippen LogP contribution is 2.17. The van der Waals surface area contributed by atoms with Crippen LogP contribution < -0.4 is 20.5 Å². The number of nitrogens with two attached hydrogens (primary N) is 1. The van der Waals surface area contributed by atoms with Gasteiger partial charge in [-0.25, -0.2) is 0 Å². The lowest BCUT2D eigenvalue weighted by atomic mass is 9.98. The number of rotatable bonds is 10. The van der Waals surface area contributed by atoms with Gasteiger partial charge in [0.15, 0.2) is 0 Å². The van der Waals surface area contributed by atoms with Crippen molar-refractivity contribution in [3.05, 3.63) is 24.3 Å². The zero-order valence-electron chi connectivity index (χ0n) is 14.0. The highest BCUT2D eigenvalue weighted by Gasteiger charge is 2.23. The summed E-state index contributed by atoms with van der Waals surface area (Å²) in [5, 5.41) is 2.70. The Kier molecular flexibility index (Phi) is 7.94. The summed E-state index contributed by atoms with van der Waals surface area (Å²) in [6, 6.07) is 6.63. The fraction of sp³-hybridized carbons (Fsp3) is 0.529. The van der Waals surface area contributed by atoms with Crippen molar-refractivity contribution in [2.75, 3.05) is 13.7 Å². The molecule has 0 saturated heterocycles. The van der Waals surface area contributed by atoms with Crippen molar-refractivity contribution < 1.29 is 19.1 Å². The van der Waals surface area contributed by atoms with Crippen molar-refractivity contribution in [3.8, 4) is 11.5 Å². The molecule has 1 aromatic carbocycles. The molecule has 2 unspecified atom stereocenters. The Bertz CT molecular complexity index is 502. The Hall–Kier alpha value is -2.24. The number of amides is 2. The number of methoxy groups -OCH3 is 1. The number of carbonyl (C=O) groups is 2. The van der Waals surface area contributed by atoms with E-state index < -0.39 is 11.9 Å². The van der Waals surface area contributed by atoms with Crippen LogP contribution in [-0.2, 0) is 9.59 Å². The Morgan fingerprint density at radius 2 is 1.83 bits per heavy atom. The van der Waals surface area contributed by atoms with Gasteiger partial charge in [-0.3, -0.25) is 9.59 Å². The predicted octanol–water partition coefficient (Wildman–Crippen LogP) is 1.87. The predicted molar refractivity (Wildman–Crippen MR) is 88.3 cm³/mol. The number of ether oxygens (including phenoxy) is 2. The van der Waals surface area contributed by atoms with E-state index in [0.29, 0.717) is 13.0 Å². The third-order valence-corrected chi connectivity index (χ3v) is 3.71. The number of nitrogens with one attached hydrogen (secondary N) is 1. The molecule has 0 aromatic heterocycles. The summed E-state index contributed by atoms with van der Waals surface area (Å²) in [5.41, 5.74) is 5.33. The molecule has 0 heterocycles. The van der Waals surface area contributed by atoms with Crippen molar-refractivity contribution in [3.63, 3.8) is 0 Å². The molecule has 3 N–H and O–H groups in total. The molecule has 0 spiro atoms. The molecule has 1 aromatic rings. The van der Waals surface area contributed by atoms with E-state index in [4.69, 9.17) is 15.2 Å². The van der Waals surface area contributed by atoms with Gasteiger partial charge in [-0.2, -0.15) is 0 Å². The largest absolute Gasteiger partial charge is 0.497 e. The monoisotopic (exact) mass is 322 g/mol. The Morgan fingerprint density at radius 3 is 2.35 bits per heavy atom. The summed E-state index contributed by atoms with van der Waals surface area (Å²) in [6.45, 7) is 4.27. The van der Waals surface area contributed by atoms with E-state index >= 15 is 0 Å². The first kappa shape index (κ1) is 18.8. The Morgan fingerprint density at radius 1 is 1.22 bits per heavy atom. The fourth-order valence-electron chi connectivity index (χ4n) is 2.07. The van der Waals surface area contributed by atoms with Crippen LogP contribution in [0, 0.1) is 5.92 Å². The minimum Gasteiger partial charge on any atom is -0.497 e. The molecule has 2 atom stereocenters.